The molecule has 4 heteroatoms. The van der Waals surface area contributed by atoms with Gasteiger partial charge in [-0.25, -0.2) is 0 Å². The van der Waals surface area contributed by atoms with Crippen molar-refractivity contribution >= 4 is 47.5 Å². The first-order valence-electron chi connectivity index (χ1n) is 11.3. The zero-order chi connectivity index (χ0) is 23.3. The summed E-state index contributed by atoms with van der Waals surface area (Å²) in [6.07, 6.45) is 0. The molecule has 0 saturated heterocycles. The van der Waals surface area contributed by atoms with Crippen LogP contribution in [0.1, 0.15) is 0 Å². The van der Waals surface area contributed by atoms with E-state index in [1.54, 1.807) is 0 Å². The molecule has 0 saturated carbocycles. The van der Waals surface area contributed by atoms with E-state index in [4.69, 9.17) is 2.86 Å². The Labute approximate surface area is 205 Å². The van der Waals surface area contributed by atoms with E-state index >= 15 is 4.57 Å². The van der Waals surface area contributed by atoms with Crippen molar-refractivity contribution in [2.75, 3.05) is 0 Å². The Morgan fingerprint density at radius 3 is 0.971 bits per heavy atom. The summed E-state index contributed by atoms with van der Waals surface area (Å²) in [7, 11) is -3.45. The third kappa shape index (κ3) is 4.30. The first-order valence-corrected chi connectivity index (χ1v) is 18.4. The topological polar surface area (TPSA) is 26.3 Å². The maximum atomic E-state index is 15.2. The van der Waals surface area contributed by atoms with Gasteiger partial charge in [0.05, 0.1) is 0 Å². The average molecular weight is 567 g/mol. The average Bonchev–Trinajstić information content (AvgIpc) is 2.94. The van der Waals surface area contributed by atoms with Crippen molar-refractivity contribution < 1.29 is 7.43 Å². The standard InChI is InChI=1S/C12H11O2P.3C6H5.Sn/c13-15(14,11-7-3-1-4-8-11)12-9-5-2-6-10-12;3*1-2-4-6-5-3-1;/h1-10H,(H,13,14);3*1-5H;/q;;;;+1/p-1. The van der Waals surface area contributed by atoms with Crippen LogP contribution in [0.3, 0.4) is 0 Å². The molecule has 2 nitrogen and oxygen atoms in total. The van der Waals surface area contributed by atoms with Crippen molar-refractivity contribution in [1.82, 2.24) is 0 Å². The van der Waals surface area contributed by atoms with E-state index in [0.29, 0.717) is 10.6 Å². The van der Waals surface area contributed by atoms with Crippen LogP contribution < -0.4 is 21.3 Å². The fraction of sp³-hybridized carbons (Fsp3) is 0. The summed E-state index contributed by atoms with van der Waals surface area (Å²) in [5.74, 6) is 0. The number of benzene rings is 5. The fourth-order valence-electron chi connectivity index (χ4n) is 4.37. The summed E-state index contributed by atoms with van der Waals surface area (Å²) >= 11 is -4.26. The molecule has 0 aliphatic carbocycles. The first-order chi connectivity index (χ1) is 16.7. The molecule has 5 aromatic rings. The summed E-state index contributed by atoms with van der Waals surface area (Å²) in [5, 5.41) is 1.43. The Bertz CT molecular complexity index is 1240. The Balaban J connectivity index is 1.84. The Morgan fingerprint density at radius 1 is 0.412 bits per heavy atom. The third-order valence-corrected chi connectivity index (χ3v) is 22.8. The summed E-state index contributed by atoms with van der Waals surface area (Å²) in [5.41, 5.74) is 0. The molecule has 0 heterocycles. The molecule has 34 heavy (non-hydrogen) atoms. The van der Waals surface area contributed by atoms with Crippen LogP contribution >= 0.6 is 7.37 Å². The molecule has 0 spiro atoms. The summed E-state index contributed by atoms with van der Waals surface area (Å²) in [6.45, 7) is 0. The van der Waals surface area contributed by atoms with Crippen LogP contribution in [0.2, 0.25) is 0 Å². The minimum absolute atomic E-state index is 0.713. The number of hydrogen-bond acceptors (Lipinski definition) is 2. The van der Waals surface area contributed by atoms with E-state index in [0.717, 1.165) is 10.7 Å². The summed E-state index contributed by atoms with van der Waals surface area (Å²) in [4.78, 5) is 0. The molecule has 166 valence electrons. The molecular weight excluding hydrogens is 542 g/mol. The minimum atomic E-state index is -4.26. The van der Waals surface area contributed by atoms with Gasteiger partial charge in [-0.2, -0.15) is 0 Å². The predicted molar refractivity (Wildman–Crippen MR) is 145 cm³/mol. The fourth-order valence-corrected chi connectivity index (χ4v) is 23.0. The van der Waals surface area contributed by atoms with Crippen LogP contribution in [0.25, 0.3) is 0 Å². The van der Waals surface area contributed by atoms with E-state index in [1.807, 2.05) is 115 Å². The van der Waals surface area contributed by atoms with Crippen LogP contribution in [-0.2, 0) is 7.43 Å². The quantitative estimate of drug-likeness (QED) is 0.213. The van der Waals surface area contributed by atoms with Crippen molar-refractivity contribution in [3.8, 4) is 0 Å². The molecule has 0 unspecified atom stereocenters. The molecule has 0 N–H and O–H groups in total. The van der Waals surface area contributed by atoms with Gasteiger partial charge >= 0.3 is 207 Å². The van der Waals surface area contributed by atoms with Crippen molar-refractivity contribution in [3.63, 3.8) is 0 Å². The van der Waals surface area contributed by atoms with Crippen molar-refractivity contribution in [2.24, 2.45) is 0 Å². The second kappa shape index (κ2) is 10.1. The molecule has 0 bridgehead atoms. The molecule has 0 aliphatic heterocycles. The zero-order valence-corrected chi connectivity index (χ0v) is 22.4. The third-order valence-electron chi connectivity index (χ3n) is 6.00. The summed E-state index contributed by atoms with van der Waals surface area (Å²) < 4.78 is 25.9. The van der Waals surface area contributed by atoms with E-state index in [-0.39, 0.29) is 0 Å². The molecule has 0 amide bonds. The zero-order valence-electron chi connectivity index (χ0n) is 18.7. The maximum absolute atomic E-state index is 15.2. The SMILES string of the molecule is O=P([O][Sn]([c]1ccccc1)([c]1ccccc1)[c]1ccccc1)(c1ccccc1)c1ccccc1. The van der Waals surface area contributed by atoms with E-state index in [1.165, 1.54) is 0 Å². The molecule has 5 aromatic carbocycles. The Hall–Kier alpha value is -2.91. The normalized spacial score (nSPS) is 11.8. The second-order valence-corrected chi connectivity index (χ2v) is 20.8. The van der Waals surface area contributed by atoms with Crippen molar-refractivity contribution in [2.45, 2.75) is 0 Å². The van der Waals surface area contributed by atoms with Gasteiger partial charge in [-0.15, -0.1) is 0 Å². The van der Waals surface area contributed by atoms with Crippen LogP contribution in [0.4, 0.5) is 0 Å². The molecular formula is C30H25O2PSn. The van der Waals surface area contributed by atoms with Gasteiger partial charge in [0.1, 0.15) is 0 Å². The number of hydrogen-bond donors (Lipinski definition) is 0. The van der Waals surface area contributed by atoms with Gasteiger partial charge in [0.2, 0.25) is 0 Å². The molecule has 0 atom stereocenters. The van der Waals surface area contributed by atoms with E-state index in [2.05, 4.69) is 36.4 Å². The first kappa shape index (κ1) is 22.9. The van der Waals surface area contributed by atoms with Crippen LogP contribution in [-0.4, -0.2) is 18.8 Å². The van der Waals surface area contributed by atoms with Crippen LogP contribution in [0, 0.1) is 0 Å². The molecule has 0 aromatic heterocycles. The number of rotatable bonds is 7. The van der Waals surface area contributed by atoms with Gasteiger partial charge in [-0.05, 0) is 0 Å². The monoisotopic (exact) mass is 568 g/mol. The van der Waals surface area contributed by atoms with Gasteiger partial charge in [0, 0.05) is 0 Å². The summed E-state index contributed by atoms with van der Waals surface area (Å²) in [6, 6.07) is 50.4. The molecule has 5 rings (SSSR count). The van der Waals surface area contributed by atoms with E-state index < -0.39 is 26.2 Å². The second-order valence-electron chi connectivity index (χ2n) is 8.09. The van der Waals surface area contributed by atoms with Gasteiger partial charge in [0.15, 0.2) is 0 Å². The van der Waals surface area contributed by atoms with Gasteiger partial charge in [0.25, 0.3) is 0 Å². The van der Waals surface area contributed by atoms with Gasteiger partial charge < -0.3 is 0 Å². The van der Waals surface area contributed by atoms with Gasteiger partial charge in [-0.3, -0.25) is 0 Å². The predicted octanol–water partition coefficient (Wildman–Crippen LogP) is 4.60. The van der Waals surface area contributed by atoms with Crippen molar-refractivity contribution in [1.29, 1.82) is 0 Å². The van der Waals surface area contributed by atoms with Crippen LogP contribution in [0.5, 0.6) is 0 Å². The van der Waals surface area contributed by atoms with Crippen molar-refractivity contribution in [3.05, 3.63) is 152 Å². The Kier molecular flexibility index (Phi) is 6.82. The van der Waals surface area contributed by atoms with E-state index in [9.17, 15) is 0 Å². The molecule has 0 aliphatic rings. The van der Waals surface area contributed by atoms with Gasteiger partial charge in [-0.1, -0.05) is 0 Å². The molecule has 0 fully saturated rings. The van der Waals surface area contributed by atoms with Crippen LogP contribution in [0.15, 0.2) is 152 Å². The molecule has 0 radical (unpaired) electrons. The Morgan fingerprint density at radius 2 is 0.676 bits per heavy atom.